The van der Waals surface area contributed by atoms with Crippen LogP contribution >= 0.6 is 0 Å². The van der Waals surface area contributed by atoms with Crippen LogP contribution in [0.5, 0.6) is 0 Å². The molecule has 1 aliphatic rings. The molecular formula is C15H27F3N2O. The zero-order chi connectivity index (χ0) is 15.9. The van der Waals surface area contributed by atoms with Crippen LogP contribution in [-0.4, -0.2) is 24.7 Å². The average molecular weight is 308 g/mol. The van der Waals surface area contributed by atoms with Crippen molar-refractivity contribution < 1.29 is 18.0 Å². The second-order valence-corrected chi connectivity index (χ2v) is 6.06. The predicted molar refractivity (Wildman–Crippen MR) is 76.6 cm³/mol. The summed E-state index contributed by atoms with van der Waals surface area (Å²) in [5, 5.41) is 2.77. The lowest BCUT2D eigenvalue weighted by molar-refractivity contribution is -0.184. The molecule has 1 aliphatic carbocycles. The average Bonchev–Trinajstić information content (AvgIpc) is 2.42. The quantitative estimate of drug-likeness (QED) is 0.757. The number of carbonyl (C=O) groups is 1. The summed E-state index contributed by atoms with van der Waals surface area (Å²) in [4.78, 5) is 11.9. The first-order valence-electron chi connectivity index (χ1n) is 7.93. The molecule has 0 bridgehead atoms. The van der Waals surface area contributed by atoms with Crippen molar-refractivity contribution in [3.63, 3.8) is 0 Å². The minimum Gasteiger partial charge on any atom is -0.353 e. The highest BCUT2D eigenvalue weighted by atomic mass is 19.4. The van der Waals surface area contributed by atoms with Gasteiger partial charge in [0, 0.05) is 12.5 Å². The Balaban J connectivity index is 2.33. The van der Waals surface area contributed by atoms with E-state index in [0.29, 0.717) is 31.7 Å². The van der Waals surface area contributed by atoms with E-state index >= 15 is 0 Å². The van der Waals surface area contributed by atoms with Gasteiger partial charge in [-0.15, -0.1) is 0 Å². The maximum Gasteiger partial charge on any atom is 0.391 e. The molecule has 0 aromatic carbocycles. The number of nitrogens with two attached hydrogens (primary N) is 1. The molecule has 0 radical (unpaired) electrons. The molecule has 1 saturated carbocycles. The maximum absolute atomic E-state index is 12.7. The first kappa shape index (κ1) is 18.3. The lowest BCUT2D eigenvalue weighted by Gasteiger charge is -2.31. The van der Waals surface area contributed by atoms with Gasteiger partial charge in [-0.2, -0.15) is 13.2 Å². The van der Waals surface area contributed by atoms with Crippen molar-refractivity contribution in [1.82, 2.24) is 5.32 Å². The highest BCUT2D eigenvalue weighted by Gasteiger charge is 2.42. The summed E-state index contributed by atoms with van der Waals surface area (Å²) in [5.41, 5.74) is 5.51. The van der Waals surface area contributed by atoms with Crippen molar-refractivity contribution >= 4 is 5.91 Å². The molecule has 0 aromatic heterocycles. The van der Waals surface area contributed by atoms with Gasteiger partial charge in [-0.3, -0.25) is 4.79 Å². The molecule has 3 nitrogen and oxygen atoms in total. The molecule has 3 atom stereocenters. The van der Waals surface area contributed by atoms with Gasteiger partial charge in [0.05, 0.1) is 5.92 Å². The van der Waals surface area contributed by atoms with E-state index in [1.165, 1.54) is 0 Å². The monoisotopic (exact) mass is 308 g/mol. The van der Waals surface area contributed by atoms with Crippen molar-refractivity contribution in [1.29, 1.82) is 0 Å². The molecule has 0 heterocycles. The van der Waals surface area contributed by atoms with Gasteiger partial charge >= 0.3 is 6.18 Å². The van der Waals surface area contributed by atoms with Gasteiger partial charge in [0.1, 0.15) is 0 Å². The van der Waals surface area contributed by atoms with E-state index < -0.39 is 12.1 Å². The van der Waals surface area contributed by atoms with Gasteiger partial charge in [-0.25, -0.2) is 0 Å². The third kappa shape index (κ3) is 6.68. The molecule has 1 fully saturated rings. The molecule has 1 amide bonds. The van der Waals surface area contributed by atoms with Crippen LogP contribution in [0, 0.1) is 11.8 Å². The number of halogens is 3. The van der Waals surface area contributed by atoms with Gasteiger partial charge in [0.25, 0.3) is 0 Å². The van der Waals surface area contributed by atoms with Crippen LogP contribution in [0.3, 0.4) is 0 Å². The molecular weight excluding hydrogens is 281 g/mol. The second kappa shape index (κ2) is 8.61. The summed E-state index contributed by atoms with van der Waals surface area (Å²) < 4.78 is 38.1. The number of carbonyl (C=O) groups excluding carboxylic acids is 1. The Kier molecular flexibility index (Phi) is 7.49. The SMILES string of the molecule is CCC(CCN)CCC(=O)NC1CCCC(C(F)(F)F)C1. The number of hydrogen-bond donors (Lipinski definition) is 2. The minimum atomic E-state index is -4.14. The van der Waals surface area contributed by atoms with Gasteiger partial charge in [0.15, 0.2) is 0 Å². The van der Waals surface area contributed by atoms with Gasteiger partial charge in [0.2, 0.25) is 5.91 Å². The zero-order valence-electron chi connectivity index (χ0n) is 12.7. The first-order valence-corrected chi connectivity index (χ1v) is 7.93. The Morgan fingerprint density at radius 1 is 1.33 bits per heavy atom. The minimum absolute atomic E-state index is 0.0231. The molecule has 0 aliphatic heterocycles. The largest absolute Gasteiger partial charge is 0.391 e. The first-order chi connectivity index (χ1) is 9.86. The fourth-order valence-corrected chi connectivity index (χ4v) is 3.04. The molecule has 6 heteroatoms. The fraction of sp³-hybridized carbons (Fsp3) is 0.933. The van der Waals surface area contributed by atoms with E-state index in [1.807, 2.05) is 0 Å². The maximum atomic E-state index is 12.7. The molecule has 1 rings (SSSR count). The zero-order valence-corrected chi connectivity index (χ0v) is 12.7. The Hall–Kier alpha value is -0.780. The molecule has 124 valence electrons. The Morgan fingerprint density at radius 2 is 2.05 bits per heavy atom. The molecule has 0 aromatic rings. The van der Waals surface area contributed by atoms with E-state index in [-0.39, 0.29) is 24.8 Å². The Bertz CT molecular complexity index is 321. The molecule has 3 unspecified atom stereocenters. The fourth-order valence-electron chi connectivity index (χ4n) is 3.04. The van der Waals surface area contributed by atoms with Crippen molar-refractivity contribution in [2.24, 2.45) is 17.6 Å². The molecule has 3 N–H and O–H groups in total. The van der Waals surface area contributed by atoms with E-state index in [0.717, 1.165) is 19.3 Å². The van der Waals surface area contributed by atoms with Crippen molar-refractivity contribution in [3.05, 3.63) is 0 Å². The van der Waals surface area contributed by atoms with E-state index in [2.05, 4.69) is 12.2 Å². The number of nitrogens with one attached hydrogen (secondary N) is 1. The topological polar surface area (TPSA) is 55.1 Å². The van der Waals surface area contributed by atoms with E-state index in [4.69, 9.17) is 5.73 Å². The standard InChI is InChI=1S/C15H27F3N2O/c1-2-11(8-9-19)6-7-14(21)20-13-5-3-4-12(10-13)15(16,17)18/h11-13H,2-10,19H2,1H3,(H,20,21). The smallest absolute Gasteiger partial charge is 0.353 e. The molecule has 0 saturated heterocycles. The normalized spacial score (nSPS) is 24.6. The predicted octanol–water partition coefficient (Wildman–Crippen LogP) is 3.38. The van der Waals surface area contributed by atoms with Crippen LogP contribution in [0.4, 0.5) is 13.2 Å². The Morgan fingerprint density at radius 3 is 2.62 bits per heavy atom. The Labute approximate surface area is 124 Å². The van der Waals surface area contributed by atoms with Crippen molar-refractivity contribution in [2.75, 3.05) is 6.54 Å². The van der Waals surface area contributed by atoms with Crippen LogP contribution in [-0.2, 0) is 4.79 Å². The van der Waals surface area contributed by atoms with E-state index in [1.54, 1.807) is 0 Å². The van der Waals surface area contributed by atoms with Crippen LogP contribution < -0.4 is 11.1 Å². The van der Waals surface area contributed by atoms with Crippen LogP contribution in [0.2, 0.25) is 0 Å². The van der Waals surface area contributed by atoms with Gasteiger partial charge < -0.3 is 11.1 Å². The second-order valence-electron chi connectivity index (χ2n) is 6.06. The van der Waals surface area contributed by atoms with Crippen LogP contribution in [0.1, 0.15) is 58.3 Å². The summed E-state index contributed by atoms with van der Waals surface area (Å²) in [7, 11) is 0. The summed E-state index contributed by atoms with van der Waals surface area (Å²) >= 11 is 0. The highest BCUT2D eigenvalue weighted by Crippen LogP contribution is 2.37. The molecule has 0 spiro atoms. The number of rotatable bonds is 7. The third-order valence-electron chi connectivity index (χ3n) is 4.43. The lowest BCUT2D eigenvalue weighted by Crippen LogP contribution is -2.41. The van der Waals surface area contributed by atoms with Gasteiger partial charge in [-0.1, -0.05) is 19.8 Å². The lowest BCUT2D eigenvalue weighted by atomic mass is 9.85. The number of hydrogen-bond acceptors (Lipinski definition) is 2. The third-order valence-corrected chi connectivity index (χ3v) is 4.43. The van der Waals surface area contributed by atoms with Crippen molar-refractivity contribution in [2.45, 2.75) is 70.5 Å². The number of amides is 1. The highest BCUT2D eigenvalue weighted by molar-refractivity contribution is 5.76. The van der Waals surface area contributed by atoms with Gasteiger partial charge in [-0.05, 0) is 44.6 Å². The summed E-state index contributed by atoms with van der Waals surface area (Å²) in [6, 6.07) is -0.326. The summed E-state index contributed by atoms with van der Waals surface area (Å²) in [6.45, 7) is 2.67. The summed E-state index contributed by atoms with van der Waals surface area (Å²) in [5.74, 6) is -0.967. The number of alkyl halides is 3. The van der Waals surface area contributed by atoms with Crippen LogP contribution in [0.25, 0.3) is 0 Å². The van der Waals surface area contributed by atoms with Crippen LogP contribution in [0.15, 0.2) is 0 Å². The van der Waals surface area contributed by atoms with E-state index in [9.17, 15) is 18.0 Å². The summed E-state index contributed by atoms with van der Waals surface area (Å²) in [6.07, 6.45) is 0.254. The van der Waals surface area contributed by atoms with Crippen molar-refractivity contribution in [3.8, 4) is 0 Å². The molecule has 21 heavy (non-hydrogen) atoms.